The van der Waals surface area contributed by atoms with E-state index in [0.717, 1.165) is 18.7 Å². The van der Waals surface area contributed by atoms with Gasteiger partial charge in [0.25, 0.3) is 0 Å². The monoisotopic (exact) mass is 368 g/mol. The molecule has 1 amide bonds. The van der Waals surface area contributed by atoms with Gasteiger partial charge in [0.1, 0.15) is 11.4 Å². The van der Waals surface area contributed by atoms with Crippen molar-refractivity contribution in [1.29, 1.82) is 0 Å². The lowest BCUT2D eigenvalue weighted by Crippen LogP contribution is -2.47. The minimum atomic E-state index is -0.462. The number of anilines is 1. The third-order valence-electron chi connectivity index (χ3n) is 4.09. The average Bonchev–Trinajstić information content (AvgIpc) is 2.59. The number of rotatable bonds is 4. The minimum Gasteiger partial charge on any atom is -0.481 e. The molecule has 1 aromatic rings. The molecule has 0 aromatic carbocycles. The Balaban J connectivity index is 1.99. The molecule has 0 unspecified atom stereocenters. The number of likely N-dealkylation sites (tertiary alicyclic amines) is 1. The fraction of sp³-hybridized carbons (Fsp3) is 0.706. The first-order valence-electron chi connectivity index (χ1n) is 8.41. The molecular weight excluding hydrogens is 340 g/mol. The maximum atomic E-state index is 12.2. The van der Waals surface area contributed by atoms with E-state index in [1.807, 2.05) is 40.1 Å². The highest BCUT2D eigenvalue weighted by molar-refractivity contribution is 7.98. The van der Waals surface area contributed by atoms with Crippen LogP contribution < -0.4 is 9.64 Å². The van der Waals surface area contributed by atoms with Gasteiger partial charge in [-0.25, -0.2) is 9.78 Å². The van der Waals surface area contributed by atoms with Crippen molar-refractivity contribution in [2.24, 2.45) is 0 Å². The van der Waals surface area contributed by atoms with Gasteiger partial charge in [0.15, 0.2) is 5.16 Å². The van der Waals surface area contributed by atoms with Crippen LogP contribution >= 0.6 is 11.8 Å². The number of amides is 1. The van der Waals surface area contributed by atoms with Crippen LogP contribution in [0.3, 0.4) is 0 Å². The third kappa shape index (κ3) is 5.39. The maximum Gasteiger partial charge on any atom is 0.410 e. The number of ether oxygens (including phenoxy) is 2. The number of methoxy groups -OCH3 is 1. The molecule has 0 bridgehead atoms. The zero-order valence-electron chi connectivity index (χ0n) is 15.9. The van der Waals surface area contributed by atoms with E-state index in [9.17, 15) is 4.79 Å². The standard InChI is InChI=1S/C17H28N4O3S/c1-17(2,3)24-16(22)21-9-7-12(8-10-21)20(4)13-11-14(23-5)19-15(18-13)25-6/h11-12H,7-10H2,1-6H3. The van der Waals surface area contributed by atoms with Crippen molar-refractivity contribution >= 4 is 23.7 Å². The van der Waals surface area contributed by atoms with Crippen molar-refractivity contribution in [1.82, 2.24) is 14.9 Å². The molecule has 1 fully saturated rings. The van der Waals surface area contributed by atoms with Gasteiger partial charge in [-0.05, 0) is 39.9 Å². The van der Waals surface area contributed by atoms with E-state index in [2.05, 4.69) is 14.9 Å². The number of carbonyl (C=O) groups excluding carboxylic acids is 1. The van der Waals surface area contributed by atoms with Crippen LogP contribution in [0.15, 0.2) is 11.2 Å². The van der Waals surface area contributed by atoms with E-state index in [0.29, 0.717) is 30.2 Å². The van der Waals surface area contributed by atoms with Crippen molar-refractivity contribution in [3.63, 3.8) is 0 Å². The molecule has 0 spiro atoms. The van der Waals surface area contributed by atoms with Crippen LogP contribution in [0.25, 0.3) is 0 Å². The second-order valence-electron chi connectivity index (χ2n) is 7.06. The van der Waals surface area contributed by atoms with Gasteiger partial charge in [-0.2, -0.15) is 4.98 Å². The van der Waals surface area contributed by atoms with Crippen molar-refractivity contribution in [2.75, 3.05) is 38.4 Å². The van der Waals surface area contributed by atoms with Crippen LogP contribution in [0.5, 0.6) is 5.88 Å². The van der Waals surface area contributed by atoms with E-state index in [1.54, 1.807) is 12.0 Å². The Morgan fingerprint density at radius 3 is 2.48 bits per heavy atom. The molecule has 1 aliphatic heterocycles. The van der Waals surface area contributed by atoms with Crippen LogP contribution in [0.4, 0.5) is 10.6 Å². The van der Waals surface area contributed by atoms with Crippen molar-refractivity contribution < 1.29 is 14.3 Å². The zero-order chi connectivity index (χ0) is 18.6. The van der Waals surface area contributed by atoms with E-state index < -0.39 is 5.60 Å². The summed E-state index contributed by atoms with van der Waals surface area (Å²) in [5, 5.41) is 0.687. The van der Waals surface area contributed by atoms with Crippen LogP contribution in [-0.2, 0) is 4.74 Å². The molecule has 0 saturated carbocycles. The van der Waals surface area contributed by atoms with Crippen LogP contribution in [0, 0.1) is 0 Å². The maximum absolute atomic E-state index is 12.2. The number of hydrogen-bond donors (Lipinski definition) is 0. The molecule has 7 nitrogen and oxygen atoms in total. The summed E-state index contributed by atoms with van der Waals surface area (Å²) in [6.45, 7) is 7.02. The highest BCUT2D eigenvalue weighted by Gasteiger charge is 2.29. The van der Waals surface area contributed by atoms with Crippen LogP contribution in [0.2, 0.25) is 0 Å². The Hall–Kier alpha value is -1.70. The van der Waals surface area contributed by atoms with E-state index >= 15 is 0 Å². The van der Waals surface area contributed by atoms with Gasteiger partial charge in [-0.15, -0.1) is 0 Å². The smallest absolute Gasteiger partial charge is 0.410 e. The fourth-order valence-electron chi connectivity index (χ4n) is 2.72. The molecule has 0 N–H and O–H groups in total. The first-order valence-corrected chi connectivity index (χ1v) is 9.64. The molecule has 1 aromatic heterocycles. The zero-order valence-corrected chi connectivity index (χ0v) is 16.7. The van der Waals surface area contributed by atoms with Gasteiger partial charge in [-0.3, -0.25) is 0 Å². The van der Waals surface area contributed by atoms with Gasteiger partial charge in [0.2, 0.25) is 5.88 Å². The van der Waals surface area contributed by atoms with Gasteiger partial charge < -0.3 is 19.3 Å². The normalized spacial score (nSPS) is 15.8. The average molecular weight is 369 g/mol. The lowest BCUT2D eigenvalue weighted by Gasteiger charge is -2.37. The number of hydrogen-bond acceptors (Lipinski definition) is 7. The Labute approximate surface area is 154 Å². The summed E-state index contributed by atoms with van der Waals surface area (Å²) in [5.74, 6) is 1.40. The summed E-state index contributed by atoms with van der Waals surface area (Å²) >= 11 is 1.49. The predicted molar refractivity (Wildman–Crippen MR) is 99.6 cm³/mol. The second-order valence-corrected chi connectivity index (χ2v) is 7.84. The Kier molecular flexibility index (Phi) is 6.37. The fourth-order valence-corrected chi connectivity index (χ4v) is 3.08. The highest BCUT2D eigenvalue weighted by Crippen LogP contribution is 2.26. The molecule has 0 aliphatic carbocycles. The van der Waals surface area contributed by atoms with Crippen molar-refractivity contribution in [2.45, 2.75) is 50.4 Å². The quantitative estimate of drug-likeness (QED) is 0.598. The van der Waals surface area contributed by atoms with E-state index in [1.165, 1.54) is 11.8 Å². The van der Waals surface area contributed by atoms with Gasteiger partial charge in [0.05, 0.1) is 7.11 Å². The summed E-state index contributed by atoms with van der Waals surface area (Å²) < 4.78 is 10.7. The third-order valence-corrected chi connectivity index (χ3v) is 4.63. The number of thioether (sulfide) groups is 1. The number of nitrogens with zero attached hydrogens (tertiary/aromatic N) is 4. The molecule has 25 heavy (non-hydrogen) atoms. The molecule has 0 atom stereocenters. The van der Waals surface area contributed by atoms with Crippen LogP contribution in [-0.4, -0.2) is 66.1 Å². The summed E-state index contributed by atoms with van der Waals surface area (Å²) in [7, 11) is 3.63. The Morgan fingerprint density at radius 2 is 1.96 bits per heavy atom. The number of aromatic nitrogens is 2. The largest absolute Gasteiger partial charge is 0.481 e. The Morgan fingerprint density at radius 1 is 1.32 bits per heavy atom. The molecule has 140 valence electrons. The molecule has 1 aliphatic rings. The highest BCUT2D eigenvalue weighted by atomic mass is 32.2. The van der Waals surface area contributed by atoms with E-state index in [4.69, 9.17) is 9.47 Å². The molecule has 1 saturated heterocycles. The SMILES string of the molecule is COc1cc(N(C)C2CCN(C(=O)OC(C)(C)C)CC2)nc(SC)n1. The summed E-state index contributed by atoms with van der Waals surface area (Å²) in [6.07, 6.45) is 3.45. The summed E-state index contributed by atoms with van der Waals surface area (Å²) in [6, 6.07) is 2.16. The van der Waals surface area contributed by atoms with Crippen LogP contribution in [0.1, 0.15) is 33.6 Å². The van der Waals surface area contributed by atoms with Gasteiger partial charge in [-0.1, -0.05) is 11.8 Å². The summed E-state index contributed by atoms with van der Waals surface area (Å²) in [4.78, 5) is 25.0. The number of piperidine rings is 1. The first-order chi connectivity index (χ1) is 11.7. The first kappa shape index (κ1) is 19.6. The molecule has 0 radical (unpaired) electrons. The van der Waals surface area contributed by atoms with Crippen molar-refractivity contribution in [3.05, 3.63) is 6.07 Å². The lowest BCUT2D eigenvalue weighted by molar-refractivity contribution is 0.0205. The molecule has 2 heterocycles. The predicted octanol–water partition coefficient (Wildman–Crippen LogP) is 3.04. The van der Waals surface area contributed by atoms with Gasteiger partial charge in [0, 0.05) is 32.2 Å². The lowest BCUT2D eigenvalue weighted by atomic mass is 10.0. The molecular formula is C17H28N4O3S. The Bertz CT molecular complexity index is 576. The summed E-state index contributed by atoms with van der Waals surface area (Å²) in [5.41, 5.74) is -0.462. The topological polar surface area (TPSA) is 67.8 Å². The van der Waals surface area contributed by atoms with Gasteiger partial charge >= 0.3 is 6.09 Å². The molecule has 8 heteroatoms. The second kappa shape index (κ2) is 8.12. The number of carbonyl (C=O) groups is 1. The van der Waals surface area contributed by atoms with Crippen molar-refractivity contribution in [3.8, 4) is 5.88 Å². The molecule has 2 rings (SSSR count). The minimum absolute atomic E-state index is 0.234. The van der Waals surface area contributed by atoms with E-state index in [-0.39, 0.29) is 6.09 Å².